The number of phenols is 1. The van der Waals surface area contributed by atoms with E-state index in [-0.39, 0.29) is 40.5 Å². The molecule has 34 heavy (non-hydrogen) atoms. The number of carbonyl (C=O) groups excluding carboxylic acids is 1. The lowest BCUT2D eigenvalue weighted by atomic mass is 10.2. The summed E-state index contributed by atoms with van der Waals surface area (Å²) < 4.78 is 20.0. The maximum Gasteiger partial charge on any atom is 0.410 e. The first-order chi connectivity index (χ1) is 16.1. The van der Waals surface area contributed by atoms with Crippen molar-refractivity contribution in [3.05, 3.63) is 35.5 Å². The summed E-state index contributed by atoms with van der Waals surface area (Å²) in [5.41, 5.74) is 0.371. The number of likely N-dealkylation sites (tertiary alicyclic amines) is 1. The number of nitrogens with one attached hydrogen (secondary N) is 1. The van der Waals surface area contributed by atoms with Gasteiger partial charge in [-0.15, -0.1) is 0 Å². The van der Waals surface area contributed by atoms with Gasteiger partial charge in [0.25, 0.3) is 0 Å². The Morgan fingerprint density at radius 2 is 2.03 bits per heavy atom. The lowest BCUT2D eigenvalue weighted by molar-refractivity contribution is 0.0214. The van der Waals surface area contributed by atoms with Crippen molar-refractivity contribution >= 4 is 46.2 Å². The molecule has 178 valence electrons. The first-order valence-electron chi connectivity index (χ1n) is 10.8. The predicted octanol–water partition coefficient (Wildman–Crippen LogP) is 3.86. The summed E-state index contributed by atoms with van der Waals surface area (Å²) in [4.78, 5) is 33.9. The summed E-state index contributed by atoms with van der Waals surface area (Å²) >= 11 is 5.82. The Balaban J connectivity index is 1.40. The molecule has 1 aromatic carbocycles. The van der Waals surface area contributed by atoms with Crippen molar-refractivity contribution in [2.24, 2.45) is 0 Å². The zero-order valence-electron chi connectivity index (χ0n) is 18.8. The number of benzene rings is 1. The van der Waals surface area contributed by atoms with Gasteiger partial charge in [0.05, 0.1) is 24.0 Å². The number of rotatable bonds is 3. The van der Waals surface area contributed by atoms with Gasteiger partial charge < -0.3 is 25.0 Å². The fourth-order valence-corrected chi connectivity index (χ4v) is 4.46. The predicted molar refractivity (Wildman–Crippen MR) is 124 cm³/mol. The molecule has 2 saturated heterocycles. The van der Waals surface area contributed by atoms with E-state index in [9.17, 15) is 14.3 Å². The summed E-state index contributed by atoms with van der Waals surface area (Å²) in [5, 5.41) is 12.1. The van der Waals surface area contributed by atoms with Gasteiger partial charge in [-0.3, -0.25) is 0 Å². The van der Waals surface area contributed by atoms with Crippen LogP contribution in [0.1, 0.15) is 27.2 Å². The van der Waals surface area contributed by atoms with Gasteiger partial charge in [0.15, 0.2) is 11.6 Å². The number of aromatic nitrogens is 4. The van der Waals surface area contributed by atoms with E-state index in [1.807, 2.05) is 20.8 Å². The van der Waals surface area contributed by atoms with E-state index in [4.69, 9.17) is 16.3 Å². The summed E-state index contributed by atoms with van der Waals surface area (Å²) in [7, 11) is 0. The molecule has 10 nitrogen and oxygen atoms in total. The average Bonchev–Trinajstić information content (AvgIpc) is 3.39. The summed E-state index contributed by atoms with van der Waals surface area (Å²) in [6.07, 6.45) is 3.40. The second-order valence-corrected chi connectivity index (χ2v) is 9.72. The largest absolute Gasteiger partial charge is 0.506 e. The topological polar surface area (TPSA) is 117 Å². The van der Waals surface area contributed by atoms with Crippen LogP contribution >= 0.6 is 11.6 Å². The Hall–Kier alpha value is -3.47. The van der Waals surface area contributed by atoms with E-state index in [1.54, 1.807) is 11.1 Å². The molecule has 2 bridgehead atoms. The van der Waals surface area contributed by atoms with Crippen LogP contribution in [0.5, 0.6) is 5.75 Å². The molecule has 0 saturated carbocycles. The van der Waals surface area contributed by atoms with Crippen molar-refractivity contribution < 1.29 is 19.0 Å². The molecule has 2 aromatic heterocycles. The Bertz CT molecular complexity index is 1290. The minimum absolute atomic E-state index is 0.0111. The monoisotopic (exact) mass is 487 g/mol. The summed E-state index contributed by atoms with van der Waals surface area (Å²) in [6, 6.07) is 2.72. The molecule has 0 radical (unpaired) electrons. The lowest BCUT2D eigenvalue weighted by Gasteiger charge is -2.35. The molecule has 1 amide bonds. The molecular formula is C22H23ClFN7O3. The van der Waals surface area contributed by atoms with Crippen molar-refractivity contribution in [1.82, 2.24) is 24.8 Å². The molecule has 0 unspecified atom stereocenters. The molecule has 2 aliphatic rings. The van der Waals surface area contributed by atoms with Crippen LogP contribution in [0.15, 0.2) is 24.7 Å². The van der Waals surface area contributed by atoms with E-state index in [0.29, 0.717) is 30.1 Å². The number of hydrogen-bond donors (Lipinski definition) is 2. The van der Waals surface area contributed by atoms with Crippen molar-refractivity contribution in [3.63, 3.8) is 0 Å². The first-order valence-corrected chi connectivity index (χ1v) is 11.2. The van der Waals surface area contributed by atoms with Gasteiger partial charge in [-0.1, -0.05) is 11.6 Å². The Labute approximate surface area is 199 Å². The smallest absolute Gasteiger partial charge is 0.410 e. The fraction of sp³-hybridized carbons (Fsp3) is 0.409. The van der Waals surface area contributed by atoms with Crippen molar-refractivity contribution in [3.8, 4) is 5.75 Å². The first kappa shape index (κ1) is 22.3. The molecule has 2 fully saturated rings. The normalized spacial score (nSPS) is 19.7. The van der Waals surface area contributed by atoms with Gasteiger partial charge in [-0.2, -0.15) is 0 Å². The van der Waals surface area contributed by atoms with Crippen LogP contribution in [0, 0.1) is 5.82 Å². The Morgan fingerprint density at radius 3 is 2.74 bits per heavy atom. The minimum atomic E-state index is -0.804. The SMILES string of the molecule is CC(C)(C)OC(=O)N1C[C@@H]2C[C@H]1CN2c1ncc2ncnc(Nc3ccc(O)c(Cl)c3F)c2n1. The van der Waals surface area contributed by atoms with Crippen LogP contribution in [0.25, 0.3) is 11.0 Å². The Morgan fingerprint density at radius 1 is 1.24 bits per heavy atom. The number of piperazine rings is 1. The third-order valence-electron chi connectivity index (χ3n) is 5.81. The maximum absolute atomic E-state index is 14.5. The van der Waals surface area contributed by atoms with Crippen LogP contribution in [-0.4, -0.2) is 66.8 Å². The number of phenolic OH excluding ortho intramolecular Hbond substituents is 1. The van der Waals surface area contributed by atoms with Crippen LogP contribution in [0.2, 0.25) is 5.02 Å². The van der Waals surface area contributed by atoms with Gasteiger partial charge in [0.2, 0.25) is 5.95 Å². The molecule has 12 heteroatoms. The van der Waals surface area contributed by atoms with Crippen LogP contribution in [0.4, 0.5) is 26.6 Å². The van der Waals surface area contributed by atoms with E-state index >= 15 is 0 Å². The molecular weight excluding hydrogens is 465 g/mol. The molecule has 0 aliphatic carbocycles. The van der Waals surface area contributed by atoms with Crippen molar-refractivity contribution in [1.29, 1.82) is 0 Å². The van der Waals surface area contributed by atoms with Gasteiger partial charge in [-0.25, -0.2) is 29.1 Å². The van der Waals surface area contributed by atoms with E-state index in [0.717, 1.165) is 6.42 Å². The third kappa shape index (κ3) is 4.00. The van der Waals surface area contributed by atoms with Gasteiger partial charge in [0.1, 0.15) is 33.7 Å². The number of amides is 1. The Kier molecular flexibility index (Phi) is 5.31. The zero-order chi connectivity index (χ0) is 24.2. The number of anilines is 3. The second kappa shape index (κ2) is 8.08. The molecule has 2 N–H and O–H groups in total. The number of nitrogens with zero attached hydrogens (tertiary/aromatic N) is 6. The molecule has 0 spiro atoms. The van der Waals surface area contributed by atoms with Gasteiger partial charge >= 0.3 is 6.09 Å². The number of aromatic hydroxyl groups is 1. The quantitative estimate of drug-likeness (QED) is 0.531. The number of carbonyl (C=O) groups is 1. The number of fused-ring (bicyclic) bond motifs is 3. The number of ether oxygens (including phenoxy) is 1. The van der Waals surface area contributed by atoms with E-state index in [2.05, 4.69) is 30.2 Å². The molecule has 2 aliphatic heterocycles. The minimum Gasteiger partial charge on any atom is -0.506 e. The third-order valence-corrected chi connectivity index (χ3v) is 6.16. The highest BCUT2D eigenvalue weighted by atomic mass is 35.5. The summed E-state index contributed by atoms with van der Waals surface area (Å²) in [5.74, 6) is -0.409. The zero-order valence-corrected chi connectivity index (χ0v) is 19.5. The highest BCUT2D eigenvalue weighted by Gasteiger charge is 2.47. The standard InChI is InChI=1S/C22H23ClFN7O3/c1-22(2,3)34-21(33)31-9-11-6-12(31)8-30(11)20-25-7-14-18(29-20)19(27-10-26-14)28-13-4-5-15(32)16(23)17(13)24/h4-5,7,10-12,32H,6,8-9H2,1-3H3,(H,26,27,28)/t11-,12-/m0/s1. The average molecular weight is 488 g/mol. The highest BCUT2D eigenvalue weighted by Crippen LogP contribution is 2.36. The highest BCUT2D eigenvalue weighted by molar-refractivity contribution is 6.32. The molecule has 5 rings (SSSR count). The van der Waals surface area contributed by atoms with Crippen molar-refractivity contribution in [2.45, 2.75) is 44.9 Å². The van der Waals surface area contributed by atoms with E-state index < -0.39 is 11.4 Å². The molecule has 4 heterocycles. The molecule has 2 atom stereocenters. The summed E-state index contributed by atoms with van der Waals surface area (Å²) in [6.45, 7) is 6.64. The van der Waals surface area contributed by atoms with Gasteiger partial charge in [0, 0.05) is 13.1 Å². The maximum atomic E-state index is 14.5. The lowest BCUT2D eigenvalue weighted by Crippen LogP contribution is -2.50. The fourth-order valence-electron chi connectivity index (χ4n) is 4.29. The van der Waals surface area contributed by atoms with Crippen LogP contribution in [-0.2, 0) is 4.74 Å². The second-order valence-electron chi connectivity index (χ2n) is 9.34. The molecule has 3 aromatic rings. The van der Waals surface area contributed by atoms with Gasteiger partial charge in [-0.05, 0) is 39.3 Å². The number of hydrogen-bond acceptors (Lipinski definition) is 9. The van der Waals surface area contributed by atoms with Crippen LogP contribution < -0.4 is 10.2 Å². The number of halogens is 2. The van der Waals surface area contributed by atoms with E-state index in [1.165, 1.54) is 18.5 Å². The van der Waals surface area contributed by atoms with Crippen LogP contribution in [0.3, 0.4) is 0 Å². The van der Waals surface area contributed by atoms with Crippen molar-refractivity contribution in [2.75, 3.05) is 23.3 Å².